The number of hydrogen-bond acceptors (Lipinski definition) is 4. The Morgan fingerprint density at radius 1 is 1.33 bits per heavy atom. The molecule has 5 nitrogen and oxygen atoms in total. The van der Waals surface area contributed by atoms with Crippen LogP contribution in [-0.4, -0.2) is 42.0 Å². The number of amides is 1. The predicted octanol–water partition coefficient (Wildman–Crippen LogP) is 1.96. The van der Waals surface area contributed by atoms with E-state index in [1.54, 1.807) is 11.3 Å². The van der Waals surface area contributed by atoms with E-state index in [2.05, 4.69) is 22.8 Å². The number of nitrogens with one attached hydrogen (secondary N) is 1. The fourth-order valence-electron chi connectivity index (χ4n) is 1.98. The highest BCUT2D eigenvalue weighted by Crippen LogP contribution is 2.26. The van der Waals surface area contributed by atoms with Crippen LogP contribution in [0.2, 0.25) is 0 Å². The van der Waals surface area contributed by atoms with Gasteiger partial charge in [-0.25, -0.2) is 0 Å². The van der Waals surface area contributed by atoms with Crippen molar-refractivity contribution in [2.75, 3.05) is 20.1 Å². The summed E-state index contributed by atoms with van der Waals surface area (Å²) in [5.74, 6) is -1.32. The maximum atomic E-state index is 11.5. The van der Waals surface area contributed by atoms with Gasteiger partial charge in [-0.2, -0.15) is 0 Å². The maximum absolute atomic E-state index is 11.5. The Morgan fingerprint density at radius 2 is 2.05 bits per heavy atom. The van der Waals surface area contributed by atoms with Gasteiger partial charge in [0.2, 0.25) is 5.91 Å². The largest absolute Gasteiger partial charge is 0.480 e. The second-order valence-electron chi connectivity index (χ2n) is 4.60. The first-order valence-corrected chi connectivity index (χ1v) is 7.06. The number of halogens is 1. The lowest BCUT2D eigenvalue weighted by molar-refractivity contribution is -0.138. The number of benzene rings is 1. The molecule has 0 saturated heterocycles. The van der Waals surface area contributed by atoms with Crippen LogP contribution in [0.3, 0.4) is 0 Å². The number of carbonyl (C=O) groups is 2. The van der Waals surface area contributed by atoms with E-state index < -0.39 is 5.97 Å². The molecule has 0 bridgehead atoms. The molecule has 0 atom stereocenters. The first-order chi connectivity index (χ1) is 9.56. The maximum Gasteiger partial charge on any atom is 0.322 e. The summed E-state index contributed by atoms with van der Waals surface area (Å²) in [5, 5.41) is 14.1. The van der Waals surface area contributed by atoms with Gasteiger partial charge in [0.15, 0.2) is 0 Å². The third-order valence-electron chi connectivity index (χ3n) is 2.85. The zero-order valence-corrected chi connectivity index (χ0v) is 13.2. The molecule has 2 aromatic rings. The molecule has 0 aliphatic rings. The molecule has 1 amide bonds. The quantitative estimate of drug-likeness (QED) is 0.850. The standard InChI is InChI=1S/C14H16N2O3S.ClH/c1-16(8-13(17)15-6-14(18)19)7-10-9-20-12-5-3-2-4-11(10)12;/h2-5,9H,6-8H2,1H3,(H,15,17)(H,18,19);1H. The molecule has 2 N–H and O–H groups in total. The van der Waals surface area contributed by atoms with Crippen LogP contribution in [0.4, 0.5) is 0 Å². The van der Waals surface area contributed by atoms with Crippen molar-refractivity contribution in [3.63, 3.8) is 0 Å². The number of fused-ring (bicyclic) bond motifs is 1. The number of carboxylic acid groups (broad SMARTS) is 1. The number of carbonyl (C=O) groups excluding carboxylic acids is 1. The van der Waals surface area contributed by atoms with E-state index >= 15 is 0 Å². The summed E-state index contributed by atoms with van der Waals surface area (Å²) >= 11 is 1.68. The molecule has 0 saturated carbocycles. The van der Waals surface area contributed by atoms with Crippen molar-refractivity contribution in [1.82, 2.24) is 10.2 Å². The number of hydrogen-bond donors (Lipinski definition) is 2. The van der Waals surface area contributed by atoms with Crippen LogP contribution < -0.4 is 5.32 Å². The van der Waals surface area contributed by atoms with Crippen LogP contribution >= 0.6 is 23.7 Å². The molecular weight excluding hydrogens is 312 g/mol. The van der Waals surface area contributed by atoms with Gasteiger partial charge in [-0.1, -0.05) is 18.2 Å². The Morgan fingerprint density at radius 3 is 2.76 bits per heavy atom. The summed E-state index contributed by atoms with van der Waals surface area (Å²) in [6, 6.07) is 8.15. The van der Waals surface area contributed by atoms with Crippen LogP contribution in [-0.2, 0) is 16.1 Å². The minimum Gasteiger partial charge on any atom is -0.480 e. The van der Waals surface area contributed by atoms with E-state index in [-0.39, 0.29) is 31.4 Å². The van der Waals surface area contributed by atoms with Gasteiger partial charge in [-0.15, -0.1) is 23.7 Å². The third kappa shape index (κ3) is 5.00. The van der Waals surface area contributed by atoms with Crippen LogP contribution in [0.25, 0.3) is 10.1 Å². The van der Waals surface area contributed by atoms with Crippen LogP contribution in [0, 0.1) is 0 Å². The molecule has 0 aliphatic heterocycles. The van der Waals surface area contributed by atoms with Crippen molar-refractivity contribution in [2.24, 2.45) is 0 Å². The Labute approximate surface area is 133 Å². The smallest absolute Gasteiger partial charge is 0.322 e. The molecule has 0 aliphatic carbocycles. The van der Waals surface area contributed by atoms with Gasteiger partial charge in [-0.3, -0.25) is 14.5 Å². The van der Waals surface area contributed by atoms with E-state index in [1.807, 2.05) is 24.1 Å². The van der Waals surface area contributed by atoms with E-state index in [9.17, 15) is 9.59 Å². The van der Waals surface area contributed by atoms with Crippen molar-refractivity contribution in [3.05, 3.63) is 35.2 Å². The van der Waals surface area contributed by atoms with Gasteiger partial charge < -0.3 is 10.4 Å². The van der Waals surface area contributed by atoms with Gasteiger partial charge in [-0.05, 0) is 29.4 Å². The summed E-state index contributed by atoms with van der Waals surface area (Å²) in [4.78, 5) is 23.8. The fraction of sp³-hybridized carbons (Fsp3) is 0.286. The minimum atomic E-state index is -1.04. The van der Waals surface area contributed by atoms with Crippen molar-refractivity contribution in [2.45, 2.75) is 6.54 Å². The third-order valence-corrected chi connectivity index (χ3v) is 3.86. The Kier molecular flexibility index (Phi) is 6.61. The minimum absolute atomic E-state index is 0. The van der Waals surface area contributed by atoms with E-state index in [1.165, 1.54) is 15.6 Å². The summed E-state index contributed by atoms with van der Waals surface area (Å²) in [6.07, 6.45) is 0. The summed E-state index contributed by atoms with van der Waals surface area (Å²) in [5.41, 5.74) is 1.18. The van der Waals surface area contributed by atoms with Gasteiger partial charge in [0.1, 0.15) is 6.54 Å². The lowest BCUT2D eigenvalue weighted by atomic mass is 10.2. The number of nitrogens with zero attached hydrogens (tertiary/aromatic N) is 1. The zero-order valence-electron chi connectivity index (χ0n) is 11.5. The highest BCUT2D eigenvalue weighted by molar-refractivity contribution is 7.17. The molecular formula is C14H17ClN2O3S. The molecule has 2 rings (SSSR count). The van der Waals surface area contributed by atoms with Gasteiger partial charge in [0, 0.05) is 11.2 Å². The molecule has 1 aromatic carbocycles. The monoisotopic (exact) mass is 328 g/mol. The van der Waals surface area contributed by atoms with E-state index in [0.29, 0.717) is 6.54 Å². The van der Waals surface area contributed by atoms with E-state index in [4.69, 9.17) is 5.11 Å². The van der Waals surface area contributed by atoms with Gasteiger partial charge >= 0.3 is 5.97 Å². The molecule has 114 valence electrons. The lowest BCUT2D eigenvalue weighted by Crippen LogP contribution is -2.37. The van der Waals surface area contributed by atoms with Crippen molar-refractivity contribution < 1.29 is 14.7 Å². The zero-order chi connectivity index (χ0) is 14.5. The topological polar surface area (TPSA) is 69.6 Å². The molecule has 0 radical (unpaired) electrons. The second-order valence-corrected chi connectivity index (χ2v) is 5.51. The lowest BCUT2D eigenvalue weighted by Gasteiger charge is -2.15. The Balaban J connectivity index is 0.00000220. The number of carboxylic acids is 1. The van der Waals surface area contributed by atoms with Crippen LogP contribution in [0.1, 0.15) is 5.56 Å². The average molecular weight is 329 g/mol. The highest BCUT2D eigenvalue weighted by atomic mass is 35.5. The van der Waals surface area contributed by atoms with Gasteiger partial charge in [0.05, 0.1) is 6.54 Å². The van der Waals surface area contributed by atoms with Crippen LogP contribution in [0.15, 0.2) is 29.6 Å². The second kappa shape index (κ2) is 7.97. The molecule has 0 fully saturated rings. The summed E-state index contributed by atoms with van der Waals surface area (Å²) < 4.78 is 1.23. The van der Waals surface area contributed by atoms with Crippen molar-refractivity contribution >= 4 is 45.7 Å². The molecule has 1 aromatic heterocycles. The molecule has 0 unspecified atom stereocenters. The highest BCUT2D eigenvalue weighted by Gasteiger charge is 2.10. The Bertz CT molecular complexity index is 629. The van der Waals surface area contributed by atoms with Gasteiger partial charge in [0.25, 0.3) is 0 Å². The normalized spacial score (nSPS) is 10.4. The Hall–Kier alpha value is -1.63. The summed E-state index contributed by atoms with van der Waals surface area (Å²) in [7, 11) is 1.84. The first-order valence-electron chi connectivity index (χ1n) is 6.18. The SMILES string of the molecule is CN(CC(=O)NCC(=O)O)Cc1csc2ccccc12.Cl. The molecule has 7 heteroatoms. The summed E-state index contributed by atoms with van der Waals surface area (Å²) in [6.45, 7) is 0.496. The average Bonchev–Trinajstić information content (AvgIpc) is 2.80. The van der Waals surface area contributed by atoms with E-state index in [0.717, 1.165) is 0 Å². The predicted molar refractivity (Wildman–Crippen MR) is 86.1 cm³/mol. The fourth-order valence-corrected chi connectivity index (χ4v) is 2.93. The first kappa shape index (κ1) is 17.4. The number of rotatable bonds is 6. The van der Waals surface area contributed by atoms with Crippen molar-refractivity contribution in [1.29, 1.82) is 0 Å². The molecule has 21 heavy (non-hydrogen) atoms. The number of thiophene rings is 1. The molecule has 0 spiro atoms. The number of likely N-dealkylation sites (N-methyl/N-ethyl adjacent to an activating group) is 1. The van der Waals surface area contributed by atoms with Crippen molar-refractivity contribution in [3.8, 4) is 0 Å². The number of aliphatic carboxylic acids is 1. The van der Waals surface area contributed by atoms with Crippen LogP contribution in [0.5, 0.6) is 0 Å². The molecule has 1 heterocycles.